The van der Waals surface area contributed by atoms with E-state index < -0.39 is 5.41 Å². The number of nitrogens with zero attached hydrogens (tertiary/aromatic N) is 5. The molecule has 8 nitrogen and oxygen atoms in total. The average molecular weight is 279 g/mol. The second-order valence-electron chi connectivity index (χ2n) is 5.50. The molecular formula is C12H21N7O. The topological polar surface area (TPSA) is 100 Å². The first kappa shape index (κ1) is 14.3. The molecule has 2 rings (SSSR count). The third kappa shape index (κ3) is 2.59. The molecule has 1 atom stereocenters. The van der Waals surface area contributed by atoms with Gasteiger partial charge in [0.25, 0.3) is 0 Å². The zero-order valence-electron chi connectivity index (χ0n) is 12.3. The van der Waals surface area contributed by atoms with E-state index in [0.29, 0.717) is 37.4 Å². The van der Waals surface area contributed by atoms with E-state index in [2.05, 4.69) is 20.3 Å². The highest BCUT2D eigenvalue weighted by Crippen LogP contribution is 2.32. The van der Waals surface area contributed by atoms with Gasteiger partial charge in [0, 0.05) is 34.2 Å². The summed E-state index contributed by atoms with van der Waals surface area (Å²) in [7, 11) is 5.50. The molecule has 110 valence electrons. The van der Waals surface area contributed by atoms with Crippen LogP contribution in [0.3, 0.4) is 0 Å². The minimum Gasteiger partial charge on any atom is -0.369 e. The Morgan fingerprint density at radius 2 is 2.10 bits per heavy atom. The highest BCUT2D eigenvalue weighted by molar-refractivity contribution is 5.81. The Morgan fingerprint density at radius 3 is 2.60 bits per heavy atom. The van der Waals surface area contributed by atoms with E-state index in [1.165, 1.54) is 0 Å². The molecule has 1 fully saturated rings. The Bertz CT molecular complexity index is 519. The fourth-order valence-electron chi connectivity index (χ4n) is 2.14. The molecule has 1 aromatic rings. The normalized spacial score (nSPS) is 21.9. The lowest BCUT2D eigenvalue weighted by Gasteiger charge is -2.22. The van der Waals surface area contributed by atoms with E-state index in [1.807, 2.05) is 30.8 Å². The molecule has 0 radical (unpaired) electrons. The third-order valence-corrected chi connectivity index (χ3v) is 3.59. The Kier molecular flexibility index (Phi) is 3.65. The number of carbonyl (C=O) groups excluding carboxylic acids is 1. The zero-order chi connectivity index (χ0) is 14.9. The first-order valence-corrected chi connectivity index (χ1v) is 6.52. The molecule has 1 aromatic heterocycles. The van der Waals surface area contributed by atoms with Crippen LogP contribution in [-0.4, -0.2) is 55.1 Å². The number of amides is 1. The van der Waals surface area contributed by atoms with Crippen LogP contribution in [0.5, 0.6) is 0 Å². The number of carbonyl (C=O) groups is 1. The predicted molar refractivity (Wildman–Crippen MR) is 77.8 cm³/mol. The van der Waals surface area contributed by atoms with Gasteiger partial charge >= 0.3 is 0 Å². The van der Waals surface area contributed by atoms with E-state index in [-0.39, 0.29) is 5.91 Å². The van der Waals surface area contributed by atoms with Gasteiger partial charge in [-0.3, -0.25) is 4.79 Å². The van der Waals surface area contributed by atoms with Gasteiger partial charge < -0.3 is 20.9 Å². The van der Waals surface area contributed by atoms with Crippen LogP contribution >= 0.6 is 0 Å². The summed E-state index contributed by atoms with van der Waals surface area (Å²) in [4.78, 5) is 28.4. The number of nitrogens with one attached hydrogen (secondary N) is 1. The molecule has 1 saturated heterocycles. The largest absolute Gasteiger partial charge is 0.369 e. The number of rotatable bonds is 4. The Balaban J connectivity index is 2.30. The second-order valence-corrected chi connectivity index (χ2v) is 5.50. The number of primary amides is 1. The van der Waals surface area contributed by atoms with E-state index >= 15 is 0 Å². The van der Waals surface area contributed by atoms with Crippen LogP contribution in [0, 0.1) is 5.41 Å². The molecule has 2 heterocycles. The van der Waals surface area contributed by atoms with Crippen molar-refractivity contribution in [3.05, 3.63) is 0 Å². The molecule has 1 aliphatic rings. The molecule has 20 heavy (non-hydrogen) atoms. The smallest absolute Gasteiger partial charge is 0.231 e. The minimum atomic E-state index is -0.523. The van der Waals surface area contributed by atoms with E-state index in [4.69, 9.17) is 5.73 Å². The summed E-state index contributed by atoms with van der Waals surface area (Å²) < 4.78 is 0. The number of hydrogen-bond acceptors (Lipinski definition) is 7. The number of anilines is 3. The van der Waals surface area contributed by atoms with Crippen molar-refractivity contribution in [2.45, 2.75) is 13.3 Å². The number of hydrogen-bond donors (Lipinski definition) is 2. The van der Waals surface area contributed by atoms with Gasteiger partial charge in [-0.25, -0.2) is 0 Å². The van der Waals surface area contributed by atoms with Gasteiger partial charge in [-0.05, 0) is 13.3 Å². The van der Waals surface area contributed by atoms with Crippen molar-refractivity contribution in [1.82, 2.24) is 15.0 Å². The van der Waals surface area contributed by atoms with E-state index in [1.54, 1.807) is 7.05 Å². The fourth-order valence-corrected chi connectivity index (χ4v) is 2.14. The monoisotopic (exact) mass is 279 g/mol. The highest BCUT2D eigenvalue weighted by Gasteiger charge is 2.40. The Hall–Kier alpha value is -2.12. The summed E-state index contributed by atoms with van der Waals surface area (Å²) in [5.41, 5.74) is 4.94. The van der Waals surface area contributed by atoms with Crippen LogP contribution in [0.2, 0.25) is 0 Å². The molecule has 1 amide bonds. The van der Waals surface area contributed by atoms with Crippen molar-refractivity contribution >= 4 is 23.8 Å². The lowest BCUT2D eigenvalue weighted by atomic mass is 9.89. The van der Waals surface area contributed by atoms with Gasteiger partial charge in [-0.1, -0.05) is 0 Å². The van der Waals surface area contributed by atoms with Crippen LogP contribution < -0.4 is 20.9 Å². The Morgan fingerprint density at radius 1 is 1.40 bits per heavy atom. The maximum Gasteiger partial charge on any atom is 0.231 e. The van der Waals surface area contributed by atoms with Gasteiger partial charge in [0.2, 0.25) is 23.8 Å². The maximum atomic E-state index is 11.5. The maximum absolute atomic E-state index is 11.5. The molecule has 0 aromatic carbocycles. The van der Waals surface area contributed by atoms with Crippen molar-refractivity contribution in [3.63, 3.8) is 0 Å². The molecule has 8 heteroatoms. The standard InChI is InChI=1S/C12H21N7O/c1-12(8(13)20)5-6-19(7-12)11-16-9(14-2)15-10(17-11)18(3)4/h5-7H2,1-4H3,(H2,13,20)(H,14,15,16,17). The van der Waals surface area contributed by atoms with Gasteiger partial charge in [0.1, 0.15) is 0 Å². The number of aromatic nitrogens is 3. The molecule has 1 aliphatic heterocycles. The molecule has 3 N–H and O–H groups in total. The van der Waals surface area contributed by atoms with Crippen LogP contribution in [0.4, 0.5) is 17.8 Å². The second kappa shape index (κ2) is 5.10. The van der Waals surface area contributed by atoms with Crippen molar-refractivity contribution in [2.75, 3.05) is 49.3 Å². The van der Waals surface area contributed by atoms with Gasteiger partial charge in [0.05, 0.1) is 5.41 Å². The molecule has 0 spiro atoms. The summed E-state index contributed by atoms with van der Waals surface area (Å²) in [6, 6.07) is 0. The van der Waals surface area contributed by atoms with Crippen LogP contribution in [-0.2, 0) is 4.79 Å². The van der Waals surface area contributed by atoms with Crippen molar-refractivity contribution in [1.29, 1.82) is 0 Å². The Labute approximate surface area is 118 Å². The SMILES string of the molecule is CNc1nc(N(C)C)nc(N2CCC(C)(C(N)=O)C2)n1. The molecule has 0 saturated carbocycles. The summed E-state index contributed by atoms with van der Waals surface area (Å²) >= 11 is 0. The fraction of sp³-hybridized carbons (Fsp3) is 0.667. The summed E-state index contributed by atoms with van der Waals surface area (Å²) in [6.45, 7) is 3.12. The predicted octanol–water partition coefficient (Wildman–Crippen LogP) is -0.319. The van der Waals surface area contributed by atoms with Gasteiger partial charge in [0.15, 0.2) is 0 Å². The molecular weight excluding hydrogens is 258 g/mol. The van der Waals surface area contributed by atoms with Crippen molar-refractivity contribution < 1.29 is 4.79 Å². The molecule has 0 bridgehead atoms. The summed E-state index contributed by atoms with van der Waals surface area (Å²) in [5, 5.41) is 2.92. The first-order chi connectivity index (χ1) is 9.35. The molecule has 0 aliphatic carbocycles. The van der Waals surface area contributed by atoms with Crippen LogP contribution in [0.25, 0.3) is 0 Å². The van der Waals surface area contributed by atoms with Gasteiger partial charge in [-0.15, -0.1) is 0 Å². The van der Waals surface area contributed by atoms with E-state index in [0.717, 1.165) is 0 Å². The molecule has 1 unspecified atom stereocenters. The quantitative estimate of drug-likeness (QED) is 0.779. The van der Waals surface area contributed by atoms with Crippen LogP contribution in [0.15, 0.2) is 0 Å². The number of nitrogens with two attached hydrogens (primary N) is 1. The minimum absolute atomic E-state index is 0.282. The zero-order valence-corrected chi connectivity index (χ0v) is 12.3. The highest BCUT2D eigenvalue weighted by atomic mass is 16.1. The lowest BCUT2D eigenvalue weighted by Crippen LogP contribution is -2.37. The van der Waals surface area contributed by atoms with Crippen LogP contribution in [0.1, 0.15) is 13.3 Å². The van der Waals surface area contributed by atoms with Gasteiger partial charge in [-0.2, -0.15) is 15.0 Å². The van der Waals surface area contributed by atoms with Crippen molar-refractivity contribution in [3.8, 4) is 0 Å². The third-order valence-electron chi connectivity index (χ3n) is 3.59. The summed E-state index contributed by atoms with van der Waals surface area (Å²) in [5.74, 6) is 1.37. The van der Waals surface area contributed by atoms with Crippen molar-refractivity contribution in [2.24, 2.45) is 11.1 Å². The average Bonchev–Trinajstić information content (AvgIpc) is 2.82. The lowest BCUT2D eigenvalue weighted by molar-refractivity contribution is -0.125. The summed E-state index contributed by atoms with van der Waals surface area (Å²) in [6.07, 6.45) is 0.709. The van der Waals surface area contributed by atoms with E-state index in [9.17, 15) is 4.79 Å². The first-order valence-electron chi connectivity index (χ1n) is 6.52.